The van der Waals surface area contributed by atoms with Crippen molar-refractivity contribution in [1.82, 2.24) is 14.7 Å². The number of hydrogen-bond donors (Lipinski definition) is 3. The third kappa shape index (κ3) is 5.08. The summed E-state index contributed by atoms with van der Waals surface area (Å²) in [6.07, 6.45) is 4.72. The number of nitrogens with zero attached hydrogens (tertiary/aromatic N) is 2. The topological polar surface area (TPSA) is 123 Å². The van der Waals surface area contributed by atoms with E-state index in [1.165, 1.54) is 21.0 Å². The van der Waals surface area contributed by atoms with Gasteiger partial charge in [-0.25, -0.2) is 22.5 Å². The summed E-state index contributed by atoms with van der Waals surface area (Å²) in [4.78, 5) is 9.27. The molecule has 3 heterocycles. The molecule has 1 aliphatic heterocycles. The maximum absolute atomic E-state index is 14.4. The molecule has 0 amide bonds. The lowest BCUT2D eigenvalue weighted by atomic mass is 9.97. The Morgan fingerprint density at radius 3 is 2.56 bits per heavy atom. The minimum absolute atomic E-state index is 0.0898. The molecule has 3 N–H and O–H groups in total. The Morgan fingerprint density at radius 2 is 1.97 bits per heavy atom. The van der Waals surface area contributed by atoms with Gasteiger partial charge in [-0.2, -0.15) is 0 Å². The van der Waals surface area contributed by atoms with Crippen molar-refractivity contribution in [2.24, 2.45) is 0 Å². The zero-order valence-corrected chi connectivity index (χ0v) is 23.1. The molecule has 3 aliphatic rings. The van der Waals surface area contributed by atoms with Crippen molar-refractivity contribution in [1.29, 1.82) is 0 Å². The molecule has 6 rings (SSSR count). The molecular formula is C28H33FN4O5S. The molecule has 208 valence electrons. The van der Waals surface area contributed by atoms with Crippen LogP contribution in [0.1, 0.15) is 55.1 Å². The average molecular weight is 557 g/mol. The molecule has 2 fully saturated rings. The number of benzene rings is 1. The summed E-state index contributed by atoms with van der Waals surface area (Å²) >= 11 is 0. The minimum Gasteiger partial charge on any atom is -0.481 e. The lowest BCUT2D eigenvalue weighted by Gasteiger charge is -2.35. The zero-order chi connectivity index (χ0) is 27.6. The van der Waals surface area contributed by atoms with E-state index < -0.39 is 21.3 Å². The van der Waals surface area contributed by atoms with Gasteiger partial charge >= 0.3 is 0 Å². The summed E-state index contributed by atoms with van der Waals surface area (Å²) < 4.78 is 55.2. The van der Waals surface area contributed by atoms with Gasteiger partial charge in [-0.15, -0.1) is 0 Å². The Bertz CT molecular complexity index is 1530. The van der Waals surface area contributed by atoms with Gasteiger partial charge in [0, 0.05) is 35.0 Å². The maximum atomic E-state index is 14.4. The number of ether oxygens (including phenoxy) is 2. The Hall–Kier alpha value is -2.86. The highest BCUT2D eigenvalue weighted by atomic mass is 32.2. The van der Waals surface area contributed by atoms with E-state index in [1.54, 1.807) is 12.3 Å². The van der Waals surface area contributed by atoms with Crippen molar-refractivity contribution in [2.45, 2.75) is 67.7 Å². The van der Waals surface area contributed by atoms with E-state index >= 15 is 0 Å². The maximum Gasteiger partial charge on any atom is 0.241 e. The van der Waals surface area contributed by atoms with Crippen LogP contribution < -0.4 is 14.8 Å². The first-order valence-corrected chi connectivity index (χ1v) is 14.7. The Morgan fingerprint density at radius 1 is 1.21 bits per heavy atom. The first-order chi connectivity index (χ1) is 18.5. The molecule has 2 aliphatic carbocycles. The van der Waals surface area contributed by atoms with Crippen LogP contribution in [0.25, 0.3) is 10.8 Å². The number of rotatable bonds is 9. The normalized spacial score (nSPS) is 20.5. The summed E-state index contributed by atoms with van der Waals surface area (Å²) in [6, 6.07) is 7.38. The van der Waals surface area contributed by atoms with Crippen molar-refractivity contribution in [3.63, 3.8) is 0 Å². The van der Waals surface area contributed by atoms with Crippen LogP contribution in [-0.4, -0.2) is 62.1 Å². The Balaban J connectivity index is 1.38. The van der Waals surface area contributed by atoms with Gasteiger partial charge in [0.25, 0.3) is 0 Å². The smallest absolute Gasteiger partial charge is 0.241 e. The number of nitrogens with one attached hydrogen (secondary N) is 2. The number of pyridine rings is 2. The monoisotopic (exact) mass is 556 g/mol. The summed E-state index contributed by atoms with van der Waals surface area (Å²) in [5.74, 6) is 0.688. The summed E-state index contributed by atoms with van der Waals surface area (Å²) in [5.41, 5.74) is 0.983. The molecule has 9 nitrogen and oxygen atoms in total. The molecule has 0 bridgehead atoms. The van der Waals surface area contributed by atoms with Gasteiger partial charge < -0.3 is 19.9 Å². The van der Waals surface area contributed by atoms with Gasteiger partial charge in [-0.3, -0.25) is 4.98 Å². The van der Waals surface area contributed by atoms with E-state index in [4.69, 9.17) is 14.5 Å². The van der Waals surface area contributed by atoms with Gasteiger partial charge in [0.05, 0.1) is 42.8 Å². The van der Waals surface area contributed by atoms with Gasteiger partial charge in [-0.05, 0) is 74.9 Å². The highest BCUT2D eigenvalue weighted by Gasteiger charge is 2.39. The lowest BCUT2D eigenvalue weighted by Crippen LogP contribution is -2.47. The van der Waals surface area contributed by atoms with E-state index in [0.29, 0.717) is 46.7 Å². The van der Waals surface area contributed by atoms with E-state index in [2.05, 4.69) is 15.0 Å². The van der Waals surface area contributed by atoms with Gasteiger partial charge in [-0.1, -0.05) is 0 Å². The second kappa shape index (κ2) is 9.36. The molecule has 1 atom stereocenters. The second-order valence-electron chi connectivity index (χ2n) is 11.5. The van der Waals surface area contributed by atoms with Crippen LogP contribution in [0.15, 0.2) is 35.4 Å². The van der Waals surface area contributed by atoms with Gasteiger partial charge in [0.15, 0.2) is 5.60 Å². The Labute approximate surface area is 227 Å². The minimum atomic E-state index is -4.06. The molecule has 1 saturated heterocycles. The third-order valence-corrected chi connectivity index (χ3v) is 9.15. The Kier molecular flexibility index (Phi) is 6.33. The molecule has 0 spiro atoms. The fourth-order valence-electron chi connectivity index (χ4n) is 5.36. The van der Waals surface area contributed by atoms with Crippen molar-refractivity contribution in [3.8, 4) is 5.88 Å². The summed E-state index contributed by atoms with van der Waals surface area (Å²) in [5, 5.41) is 15.1. The first-order valence-electron chi connectivity index (χ1n) is 13.2. The number of alkyl halides is 1. The van der Waals surface area contributed by atoms with Crippen LogP contribution in [0.2, 0.25) is 0 Å². The molecule has 3 aromatic rings. The van der Waals surface area contributed by atoms with Crippen molar-refractivity contribution < 1.29 is 27.4 Å². The number of methoxy groups -OCH3 is 1. The largest absolute Gasteiger partial charge is 0.481 e. The number of aromatic nitrogens is 2. The predicted molar refractivity (Wildman–Crippen MR) is 144 cm³/mol. The molecule has 0 radical (unpaired) electrons. The zero-order valence-electron chi connectivity index (χ0n) is 22.3. The van der Waals surface area contributed by atoms with Crippen LogP contribution >= 0.6 is 0 Å². The third-order valence-electron chi connectivity index (χ3n) is 7.62. The number of sulfonamides is 1. The van der Waals surface area contributed by atoms with E-state index in [-0.39, 0.29) is 30.7 Å². The summed E-state index contributed by atoms with van der Waals surface area (Å²) in [6.45, 7) is 2.80. The molecule has 1 saturated carbocycles. The van der Waals surface area contributed by atoms with Crippen molar-refractivity contribution >= 4 is 26.5 Å². The quantitative estimate of drug-likeness (QED) is 0.367. The molecule has 2 aromatic heterocycles. The van der Waals surface area contributed by atoms with Gasteiger partial charge in [0.2, 0.25) is 15.9 Å². The first kappa shape index (κ1) is 26.4. The van der Waals surface area contributed by atoms with E-state index in [0.717, 1.165) is 29.8 Å². The number of halogens is 1. The van der Waals surface area contributed by atoms with Gasteiger partial charge in [0.1, 0.15) is 5.67 Å². The number of aliphatic hydroxyl groups is 1. The molecule has 39 heavy (non-hydrogen) atoms. The average Bonchev–Trinajstić information content (AvgIpc) is 3.64. The summed E-state index contributed by atoms with van der Waals surface area (Å²) in [7, 11) is -2.52. The molecule has 11 heteroatoms. The van der Waals surface area contributed by atoms with Crippen molar-refractivity contribution in [3.05, 3.63) is 53.0 Å². The van der Waals surface area contributed by atoms with Crippen LogP contribution in [0, 0.1) is 0 Å². The standard InChI is InChI=1S/C28H33FN4O5S/c1-27(2,29)13-31-39(35,36)25-20-10-19(32-18-6-7-24(30-12-18)28(34)14-38-15-28)8-17(20)9-22-21(25)11-23(16-4-5-16)33-26(22)37-3/h6-7,9,11-12,16,19,31-32,34H,4-5,8,10,13-15H2,1-3H3. The predicted octanol–water partition coefficient (Wildman–Crippen LogP) is 3.34. The fraction of sp³-hybridized carbons (Fsp3) is 0.500. The lowest BCUT2D eigenvalue weighted by molar-refractivity contribution is -0.186. The number of anilines is 1. The van der Waals surface area contributed by atoms with Crippen LogP contribution in [-0.2, 0) is 33.2 Å². The fourth-order valence-corrected chi connectivity index (χ4v) is 7.04. The molecular weight excluding hydrogens is 523 g/mol. The highest BCUT2D eigenvalue weighted by molar-refractivity contribution is 7.89. The number of fused-ring (bicyclic) bond motifs is 2. The second-order valence-corrected chi connectivity index (χ2v) is 13.2. The van der Waals surface area contributed by atoms with Crippen LogP contribution in [0.5, 0.6) is 5.88 Å². The van der Waals surface area contributed by atoms with Crippen molar-refractivity contribution in [2.75, 3.05) is 32.2 Å². The van der Waals surface area contributed by atoms with Crippen LogP contribution in [0.4, 0.5) is 10.1 Å². The van der Waals surface area contributed by atoms with Crippen LogP contribution in [0.3, 0.4) is 0 Å². The highest BCUT2D eigenvalue weighted by Crippen LogP contribution is 2.44. The van der Waals surface area contributed by atoms with E-state index in [1.807, 2.05) is 18.2 Å². The molecule has 1 aromatic carbocycles. The molecule has 1 unspecified atom stereocenters. The van der Waals surface area contributed by atoms with E-state index in [9.17, 15) is 17.9 Å². The number of hydrogen-bond acceptors (Lipinski definition) is 8. The SMILES string of the molecule is COc1nc(C2CC2)cc2c(S(=O)(=O)NCC(C)(C)F)c3c(cc12)CC(Nc1ccc(C2(O)COC2)nc1)C3.